The summed E-state index contributed by atoms with van der Waals surface area (Å²) in [5.74, 6) is 0.640. The van der Waals surface area contributed by atoms with E-state index in [4.69, 9.17) is 21.0 Å². The Morgan fingerprint density at radius 1 is 1.57 bits per heavy atom. The van der Waals surface area contributed by atoms with E-state index in [9.17, 15) is 0 Å². The predicted octanol–water partition coefficient (Wildman–Crippen LogP) is 1.10. The molecular formula is C9H11BrN2O2. The van der Waals surface area contributed by atoms with Crippen LogP contribution in [0.4, 0.5) is 0 Å². The first kappa shape index (κ1) is 11.0. The molecule has 0 heterocycles. The molecule has 4 N–H and O–H groups in total. The second-order valence-corrected chi connectivity index (χ2v) is 3.48. The van der Waals surface area contributed by atoms with Gasteiger partial charge in [-0.05, 0) is 34.1 Å². The summed E-state index contributed by atoms with van der Waals surface area (Å²) in [5, 5.41) is 15.8. The zero-order valence-corrected chi connectivity index (χ0v) is 9.04. The average Bonchev–Trinajstić information content (AvgIpc) is 2.14. The average molecular weight is 259 g/mol. The van der Waals surface area contributed by atoms with Gasteiger partial charge in [0.1, 0.15) is 18.2 Å². The summed E-state index contributed by atoms with van der Waals surface area (Å²) in [7, 11) is 0. The number of halogens is 1. The number of amidine groups is 1. The number of nitrogen functional groups attached to an aromatic ring is 1. The Hall–Kier alpha value is -1.07. The number of aliphatic hydroxyl groups is 1. The Morgan fingerprint density at radius 2 is 2.29 bits per heavy atom. The molecule has 4 nitrogen and oxygen atoms in total. The van der Waals surface area contributed by atoms with Crippen LogP contribution < -0.4 is 10.5 Å². The molecule has 0 amide bonds. The molecule has 1 rings (SSSR count). The molecule has 0 unspecified atom stereocenters. The van der Waals surface area contributed by atoms with Crippen molar-refractivity contribution in [2.75, 3.05) is 13.2 Å². The van der Waals surface area contributed by atoms with Gasteiger partial charge < -0.3 is 15.6 Å². The van der Waals surface area contributed by atoms with Gasteiger partial charge in [0.2, 0.25) is 0 Å². The van der Waals surface area contributed by atoms with Crippen LogP contribution in [0.2, 0.25) is 0 Å². The maximum absolute atomic E-state index is 8.55. The fraction of sp³-hybridized carbons (Fsp3) is 0.222. The molecule has 14 heavy (non-hydrogen) atoms. The lowest BCUT2D eigenvalue weighted by Crippen LogP contribution is -2.11. The maximum Gasteiger partial charge on any atom is 0.123 e. The molecule has 76 valence electrons. The van der Waals surface area contributed by atoms with Crippen LogP contribution in [0.5, 0.6) is 5.75 Å². The van der Waals surface area contributed by atoms with Crippen molar-refractivity contribution >= 4 is 21.8 Å². The third kappa shape index (κ3) is 2.71. The first-order chi connectivity index (χ1) is 6.65. The van der Waals surface area contributed by atoms with Crippen molar-refractivity contribution < 1.29 is 9.84 Å². The fourth-order valence-corrected chi connectivity index (χ4v) is 1.54. The monoisotopic (exact) mass is 258 g/mol. The third-order valence-electron chi connectivity index (χ3n) is 1.59. The minimum atomic E-state index is -0.0217. The van der Waals surface area contributed by atoms with E-state index in [1.807, 2.05) is 0 Å². The number of ether oxygens (including phenoxy) is 1. The van der Waals surface area contributed by atoms with Crippen LogP contribution in [-0.2, 0) is 0 Å². The van der Waals surface area contributed by atoms with Gasteiger partial charge in [0.05, 0.1) is 6.61 Å². The van der Waals surface area contributed by atoms with E-state index in [-0.39, 0.29) is 19.0 Å². The maximum atomic E-state index is 8.55. The molecule has 0 aliphatic carbocycles. The molecule has 0 saturated carbocycles. The van der Waals surface area contributed by atoms with Gasteiger partial charge >= 0.3 is 0 Å². The third-order valence-corrected chi connectivity index (χ3v) is 2.25. The number of aliphatic hydroxyl groups excluding tert-OH is 1. The summed E-state index contributed by atoms with van der Waals surface area (Å²) in [5.41, 5.74) is 5.96. The topological polar surface area (TPSA) is 79.3 Å². The van der Waals surface area contributed by atoms with Gasteiger partial charge in [0.15, 0.2) is 0 Å². The predicted molar refractivity (Wildman–Crippen MR) is 57.7 cm³/mol. The number of hydrogen-bond acceptors (Lipinski definition) is 3. The van der Waals surface area contributed by atoms with Crippen LogP contribution in [-0.4, -0.2) is 24.2 Å². The van der Waals surface area contributed by atoms with Gasteiger partial charge in [-0.25, -0.2) is 0 Å². The van der Waals surface area contributed by atoms with Gasteiger partial charge in [-0.1, -0.05) is 0 Å². The van der Waals surface area contributed by atoms with Crippen molar-refractivity contribution in [3.05, 3.63) is 28.2 Å². The van der Waals surface area contributed by atoms with E-state index in [2.05, 4.69) is 15.9 Å². The molecule has 1 aromatic rings. The lowest BCUT2D eigenvalue weighted by Gasteiger charge is -2.07. The number of hydrogen-bond donors (Lipinski definition) is 3. The highest BCUT2D eigenvalue weighted by molar-refractivity contribution is 9.10. The SMILES string of the molecule is N=C(N)c1ccc(OCCO)cc1Br. The molecule has 0 radical (unpaired) electrons. The number of nitrogens with two attached hydrogens (primary N) is 1. The van der Waals surface area contributed by atoms with Crippen molar-refractivity contribution in [2.24, 2.45) is 5.73 Å². The Labute approximate surface area is 90.3 Å². The second-order valence-electron chi connectivity index (χ2n) is 2.63. The number of benzene rings is 1. The minimum absolute atomic E-state index is 0.00517. The van der Waals surface area contributed by atoms with Gasteiger partial charge in [0.25, 0.3) is 0 Å². The summed E-state index contributed by atoms with van der Waals surface area (Å²) in [6.45, 7) is 0.234. The van der Waals surface area contributed by atoms with E-state index >= 15 is 0 Å². The summed E-state index contributed by atoms with van der Waals surface area (Å²) < 4.78 is 5.89. The minimum Gasteiger partial charge on any atom is -0.491 e. The van der Waals surface area contributed by atoms with Crippen molar-refractivity contribution in [3.8, 4) is 5.75 Å². The van der Waals surface area contributed by atoms with Crippen LogP contribution in [0, 0.1) is 5.41 Å². The van der Waals surface area contributed by atoms with Gasteiger partial charge in [-0.15, -0.1) is 0 Å². The molecular weight excluding hydrogens is 248 g/mol. The Balaban J connectivity index is 2.83. The molecule has 0 spiro atoms. The molecule has 0 fully saturated rings. The van der Waals surface area contributed by atoms with E-state index in [1.54, 1.807) is 18.2 Å². The van der Waals surface area contributed by atoms with E-state index in [1.165, 1.54) is 0 Å². The van der Waals surface area contributed by atoms with Crippen molar-refractivity contribution in [2.45, 2.75) is 0 Å². The molecule has 1 aromatic carbocycles. The van der Waals surface area contributed by atoms with E-state index < -0.39 is 0 Å². The first-order valence-corrected chi connectivity index (χ1v) is 4.82. The Morgan fingerprint density at radius 3 is 2.79 bits per heavy atom. The van der Waals surface area contributed by atoms with Crippen LogP contribution in [0.3, 0.4) is 0 Å². The number of rotatable bonds is 4. The summed E-state index contributed by atoms with van der Waals surface area (Å²) >= 11 is 3.28. The van der Waals surface area contributed by atoms with E-state index in [0.29, 0.717) is 15.8 Å². The van der Waals surface area contributed by atoms with Gasteiger partial charge in [-0.2, -0.15) is 0 Å². The molecule has 0 saturated heterocycles. The molecule has 0 bridgehead atoms. The Bertz CT molecular complexity index is 342. The summed E-state index contributed by atoms with van der Waals surface area (Å²) in [6, 6.07) is 5.11. The first-order valence-electron chi connectivity index (χ1n) is 4.02. The highest BCUT2D eigenvalue weighted by atomic mass is 79.9. The smallest absolute Gasteiger partial charge is 0.123 e. The van der Waals surface area contributed by atoms with Crippen molar-refractivity contribution in [1.29, 1.82) is 5.41 Å². The fourth-order valence-electron chi connectivity index (χ4n) is 0.968. The lowest BCUT2D eigenvalue weighted by molar-refractivity contribution is 0.201. The van der Waals surface area contributed by atoms with Crippen LogP contribution in [0.25, 0.3) is 0 Å². The van der Waals surface area contributed by atoms with Gasteiger partial charge in [-0.3, -0.25) is 5.41 Å². The molecule has 5 heteroatoms. The van der Waals surface area contributed by atoms with Crippen LogP contribution in [0.1, 0.15) is 5.56 Å². The zero-order valence-electron chi connectivity index (χ0n) is 7.46. The lowest BCUT2D eigenvalue weighted by atomic mass is 10.2. The molecule has 0 aromatic heterocycles. The quantitative estimate of drug-likeness (QED) is 0.559. The van der Waals surface area contributed by atoms with Gasteiger partial charge in [0, 0.05) is 10.0 Å². The standard InChI is InChI=1S/C9H11BrN2O2/c10-8-5-6(14-4-3-13)1-2-7(8)9(11)12/h1-2,5,13H,3-4H2,(H3,11,12). The summed E-state index contributed by atoms with van der Waals surface area (Å²) in [4.78, 5) is 0. The van der Waals surface area contributed by atoms with Crippen molar-refractivity contribution in [1.82, 2.24) is 0 Å². The van der Waals surface area contributed by atoms with Crippen LogP contribution >= 0.6 is 15.9 Å². The highest BCUT2D eigenvalue weighted by Gasteiger charge is 2.04. The molecule has 0 atom stereocenters. The highest BCUT2D eigenvalue weighted by Crippen LogP contribution is 2.22. The largest absolute Gasteiger partial charge is 0.491 e. The normalized spacial score (nSPS) is 9.86. The van der Waals surface area contributed by atoms with Crippen LogP contribution in [0.15, 0.2) is 22.7 Å². The second kappa shape index (κ2) is 4.97. The molecule has 0 aliphatic rings. The molecule has 0 aliphatic heterocycles. The summed E-state index contributed by atoms with van der Waals surface area (Å²) in [6.07, 6.45) is 0. The zero-order chi connectivity index (χ0) is 10.6. The van der Waals surface area contributed by atoms with Crippen molar-refractivity contribution in [3.63, 3.8) is 0 Å². The van der Waals surface area contributed by atoms with E-state index in [0.717, 1.165) is 0 Å². The Kier molecular flexibility index (Phi) is 3.91. The number of nitrogens with one attached hydrogen (secondary N) is 1.